The van der Waals surface area contributed by atoms with Gasteiger partial charge in [0.15, 0.2) is 0 Å². The number of anilines is 1. The lowest BCUT2D eigenvalue weighted by Crippen LogP contribution is -2.41. The number of aliphatic imine (C=N–C) groups is 2. The standard InChI is InChI=1S/C25H29BFN3O3/c1-17(14-28-6)23(29-15-18-7-9-20(27)10-8-18)30-21-11-12-22(19(13-21)16-31)26-32-24(2,3)25(4,5)33-26/h7-14,16H,6,15H2,1-5H3,(H,29,30)/b17-14-. The van der Waals surface area contributed by atoms with Crippen LogP contribution >= 0.6 is 0 Å². The van der Waals surface area contributed by atoms with Gasteiger partial charge in [-0.05, 0) is 76.6 Å². The number of benzene rings is 2. The second-order valence-electron chi connectivity index (χ2n) is 8.96. The highest BCUT2D eigenvalue weighted by Gasteiger charge is 2.52. The Hall–Kier alpha value is -3.10. The number of hydrogen-bond acceptors (Lipinski definition) is 5. The van der Waals surface area contributed by atoms with Crippen LogP contribution in [0.5, 0.6) is 0 Å². The van der Waals surface area contributed by atoms with Crippen molar-refractivity contribution in [2.45, 2.75) is 52.4 Å². The van der Waals surface area contributed by atoms with Crippen LogP contribution in [-0.4, -0.2) is 37.2 Å². The van der Waals surface area contributed by atoms with E-state index in [-0.39, 0.29) is 5.82 Å². The molecule has 1 heterocycles. The zero-order valence-corrected chi connectivity index (χ0v) is 19.7. The molecule has 1 fully saturated rings. The normalized spacial score (nSPS) is 17.7. The largest absolute Gasteiger partial charge is 0.495 e. The minimum absolute atomic E-state index is 0.295. The van der Waals surface area contributed by atoms with Crippen LogP contribution in [-0.2, 0) is 15.9 Å². The van der Waals surface area contributed by atoms with E-state index >= 15 is 0 Å². The molecule has 3 rings (SSSR count). The van der Waals surface area contributed by atoms with E-state index in [2.05, 4.69) is 22.0 Å². The fourth-order valence-corrected chi connectivity index (χ4v) is 3.30. The second-order valence-corrected chi connectivity index (χ2v) is 8.96. The van der Waals surface area contributed by atoms with Crippen LogP contribution in [0.25, 0.3) is 0 Å². The molecule has 0 bridgehead atoms. The summed E-state index contributed by atoms with van der Waals surface area (Å²) >= 11 is 0. The predicted molar refractivity (Wildman–Crippen MR) is 132 cm³/mol. The first-order valence-electron chi connectivity index (χ1n) is 10.7. The monoisotopic (exact) mass is 449 g/mol. The molecule has 0 aliphatic carbocycles. The minimum atomic E-state index is -0.637. The average molecular weight is 449 g/mol. The van der Waals surface area contributed by atoms with Crippen molar-refractivity contribution < 1.29 is 18.5 Å². The van der Waals surface area contributed by atoms with Crippen molar-refractivity contribution in [1.29, 1.82) is 0 Å². The third kappa shape index (κ3) is 5.64. The van der Waals surface area contributed by atoms with Gasteiger partial charge in [0.1, 0.15) is 17.9 Å². The van der Waals surface area contributed by atoms with E-state index in [4.69, 9.17) is 9.31 Å². The molecule has 1 aliphatic heterocycles. The fraction of sp³-hybridized carbons (Fsp3) is 0.320. The van der Waals surface area contributed by atoms with Gasteiger partial charge in [-0.1, -0.05) is 18.2 Å². The van der Waals surface area contributed by atoms with Crippen LogP contribution in [0.2, 0.25) is 0 Å². The van der Waals surface area contributed by atoms with E-state index in [1.165, 1.54) is 12.1 Å². The van der Waals surface area contributed by atoms with Crippen molar-refractivity contribution in [3.8, 4) is 0 Å². The Morgan fingerprint density at radius 1 is 1.12 bits per heavy atom. The van der Waals surface area contributed by atoms with Crippen LogP contribution in [0.3, 0.4) is 0 Å². The van der Waals surface area contributed by atoms with E-state index in [0.717, 1.165) is 17.4 Å². The molecule has 0 radical (unpaired) electrons. The smallest absolute Gasteiger partial charge is 0.399 e. The number of nitrogens with one attached hydrogen (secondary N) is 1. The molecular weight excluding hydrogens is 420 g/mol. The molecule has 0 atom stereocenters. The summed E-state index contributed by atoms with van der Waals surface area (Å²) in [6.07, 6.45) is 2.38. The molecule has 0 saturated carbocycles. The first-order valence-corrected chi connectivity index (χ1v) is 10.7. The number of carbonyl (C=O) groups excluding carboxylic acids is 1. The Bertz CT molecular complexity index is 1080. The molecule has 2 aromatic carbocycles. The van der Waals surface area contributed by atoms with Gasteiger partial charge in [-0.2, -0.15) is 0 Å². The van der Waals surface area contributed by atoms with Crippen molar-refractivity contribution in [2.75, 3.05) is 5.32 Å². The van der Waals surface area contributed by atoms with Gasteiger partial charge in [0.05, 0.1) is 17.7 Å². The molecule has 0 spiro atoms. The van der Waals surface area contributed by atoms with Crippen LogP contribution in [0.4, 0.5) is 10.1 Å². The number of amidine groups is 1. The molecule has 0 aromatic heterocycles. The molecule has 172 valence electrons. The molecule has 0 unspecified atom stereocenters. The Morgan fingerprint density at radius 2 is 1.76 bits per heavy atom. The SMILES string of the molecule is C=N/C=C(/C)C(=NCc1ccc(F)cc1)Nc1ccc(B2OC(C)(C)C(C)(C)O2)c(C=O)c1. The van der Waals surface area contributed by atoms with E-state index in [0.29, 0.717) is 29.1 Å². The summed E-state index contributed by atoms with van der Waals surface area (Å²) in [7, 11) is -0.637. The molecule has 1 N–H and O–H groups in total. The highest BCUT2D eigenvalue weighted by Crippen LogP contribution is 2.36. The molecule has 8 heteroatoms. The number of halogens is 1. The van der Waals surface area contributed by atoms with Gasteiger partial charge in [-0.15, -0.1) is 0 Å². The second kappa shape index (κ2) is 9.81. The molecule has 0 amide bonds. The molecule has 6 nitrogen and oxygen atoms in total. The minimum Gasteiger partial charge on any atom is -0.399 e. The number of aldehydes is 1. The van der Waals surface area contributed by atoms with Crippen molar-refractivity contribution in [3.63, 3.8) is 0 Å². The lowest BCUT2D eigenvalue weighted by atomic mass is 9.76. The Labute approximate surface area is 194 Å². The summed E-state index contributed by atoms with van der Waals surface area (Å²) in [5.41, 5.74) is 2.41. The average Bonchev–Trinajstić information content (AvgIpc) is 2.99. The maximum absolute atomic E-state index is 13.2. The van der Waals surface area contributed by atoms with Gasteiger partial charge < -0.3 is 14.6 Å². The van der Waals surface area contributed by atoms with Gasteiger partial charge >= 0.3 is 7.12 Å². The molecule has 2 aromatic rings. The lowest BCUT2D eigenvalue weighted by molar-refractivity contribution is 0.00578. The maximum atomic E-state index is 13.2. The topological polar surface area (TPSA) is 72.3 Å². The molecule has 1 aliphatic rings. The van der Waals surface area contributed by atoms with E-state index in [9.17, 15) is 9.18 Å². The highest BCUT2D eigenvalue weighted by molar-refractivity contribution is 6.63. The van der Waals surface area contributed by atoms with Crippen LogP contribution in [0, 0.1) is 5.82 Å². The summed E-state index contributed by atoms with van der Waals surface area (Å²) in [6, 6.07) is 11.6. The summed E-state index contributed by atoms with van der Waals surface area (Å²) in [6.45, 7) is 13.6. The van der Waals surface area contributed by atoms with Crippen molar-refractivity contribution in [1.82, 2.24) is 0 Å². The van der Waals surface area contributed by atoms with Crippen LogP contribution in [0.1, 0.15) is 50.5 Å². The quantitative estimate of drug-likeness (QED) is 0.291. The first kappa shape index (κ1) is 24.5. The van der Waals surface area contributed by atoms with Gasteiger partial charge in [0.25, 0.3) is 0 Å². The molecule has 33 heavy (non-hydrogen) atoms. The summed E-state index contributed by atoms with van der Waals surface area (Å²) in [5, 5.41) is 3.25. The Balaban J connectivity index is 1.86. The van der Waals surface area contributed by atoms with Crippen LogP contribution in [0.15, 0.2) is 64.2 Å². The summed E-state index contributed by atoms with van der Waals surface area (Å²) < 4.78 is 25.4. The number of rotatable bonds is 7. The molecule has 1 saturated heterocycles. The van der Waals surface area contributed by atoms with E-state index < -0.39 is 18.3 Å². The lowest BCUT2D eigenvalue weighted by Gasteiger charge is -2.32. The van der Waals surface area contributed by atoms with E-state index in [1.807, 2.05) is 46.8 Å². The van der Waals surface area contributed by atoms with Gasteiger partial charge in [0, 0.05) is 23.0 Å². The Morgan fingerprint density at radius 3 is 2.33 bits per heavy atom. The van der Waals surface area contributed by atoms with Crippen molar-refractivity contribution >= 4 is 37.1 Å². The predicted octanol–water partition coefficient (Wildman–Crippen LogP) is 4.55. The van der Waals surface area contributed by atoms with Crippen molar-refractivity contribution in [2.24, 2.45) is 9.98 Å². The van der Waals surface area contributed by atoms with E-state index in [1.54, 1.807) is 24.4 Å². The summed E-state index contributed by atoms with van der Waals surface area (Å²) in [4.78, 5) is 20.3. The molecular formula is C25H29BFN3O3. The van der Waals surface area contributed by atoms with Gasteiger partial charge in [-0.3, -0.25) is 14.8 Å². The van der Waals surface area contributed by atoms with Gasteiger partial charge in [-0.25, -0.2) is 4.39 Å². The number of nitrogens with zero attached hydrogens (tertiary/aromatic N) is 2. The number of hydrogen-bond donors (Lipinski definition) is 1. The maximum Gasteiger partial charge on any atom is 0.495 e. The van der Waals surface area contributed by atoms with Crippen molar-refractivity contribution in [3.05, 3.63) is 71.2 Å². The first-order chi connectivity index (χ1) is 15.6. The number of carbonyl (C=O) groups is 1. The summed E-state index contributed by atoms with van der Waals surface area (Å²) in [5.74, 6) is 0.267. The Kier molecular flexibility index (Phi) is 7.30. The van der Waals surface area contributed by atoms with Crippen LogP contribution < -0.4 is 10.8 Å². The highest BCUT2D eigenvalue weighted by atomic mass is 19.1. The third-order valence-electron chi connectivity index (χ3n) is 5.98. The van der Waals surface area contributed by atoms with Gasteiger partial charge in [0.2, 0.25) is 0 Å². The zero-order valence-electron chi connectivity index (χ0n) is 19.7. The third-order valence-corrected chi connectivity index (χ3v) is 5.98. The fourth-order valence-electron chi connectivity index (χ4n) is 3.30. The zero-order chi connectivity index (χ0) is 24.2.